The van der Waals surface area contributed by atoms with Crippen molar-refractivity contribution in [2.75, 3.05) is 7.11 Å². The molecular weight excluding hydrogens is 290 g/mol. The summed E-state index contributed by atoms with van der Waals surface area (Å²) in [7, 11) is 1.37. The van der Waals surface area contributed by atoms with E-state index in [-0.39, 0.29) is 24.3 Å². The molecule has 118 valence electrons. The van der Waals surface area contributed by atoms with E-state index in [0.717, 1.165) is 11.1 Å². The number of esters is 1. The van der Waals surface area contributed by atoms with Crippen LogP contribution >= 0.6 is 0 Å². The SMILES string of the molecule is COC(=O)[C@@H]1CC(=O)N(Cc2ccccc2)[C@@H]1c1ccccc1. The first-order valence-electron chi connectivity index (χ1n) is 7.67. The number of carbonyl (C=O) groups is 2. The van der Waals surface area contributed by atoms with Gasteiger partial charge < -0.3 is 9.64 Å². The van der Waals surface area contributed by atoms with Crippen molar-refractivity contribution in [1.29, 1.82) is 0 Å². The number of benzene rings is 2. The van der Waals surface area contributed by atoms with Crippen molar-refractivity contribution in [2.24, 2.45) is 5.92 Å². The number of ether oxygens (including phenoxy) is 1. The Morgan fingerprint density at radius 2 is 1.70 bits per heavy atom. The normalized spacial score (nSPS) is 20.6. The highest BCUT2D eigenvalue weighted by Gasteiger charge is 2.44. The molecule has 0 bridgehead atoms. The van der Waals surface area contributed by atoms with Gasteiger partial charge in [-0.25, -0.2) is 0 Å². The standard InChI is InChI=1S/C19H19NO3/c1-23-19(22)16-12-17(21)20(13-14-8-4-2-5-9-14)18(16)15-10-6-3-7-11-15/h2-11,16,18H,12-13H2,1H3/t16-,18-/m1/s1. The van der Waals surface area contributed by atoms with Crippen LogP contribution in [0, 0.1) is 5.92 Å². The lowest BCUT2D eigenvalue weighted by Crippen LogP contribution is -2.30. The van der Waals surface area contributed by atoms with Gasteiger partial charge in [0.2, 0.25) is 5.91 Å². The first-order chi connectivity index (χ1) is 11.2. The fourth-order valence-corrected chi connectivity index (χ4v) is 3.18. The van der Waals surface area contributed by atoms with Crippen molar-refractivity contribution in [3.05, 3.63) is 71.8 Å². The maximum atomic E-state index is 12.5. The minimum absolute atomic E-state index is 0.0156. The second kappa shape index (κ2) is 6.65. The molecule has 2 atom stereocenters. The highest BCUT2D eigenvalue weighted by Crippen LogP contribution is 2.39. The van der Waals surface area contributed by atoms with Crippen molar-refractivity contribution in [3.63, 3.8) is 0 Å². The molecular formula is C19H19NO3. The number of nitrogens with zero attached hydrogens (tertiary/aromatic N) is 1. The summed E-state index contributed by atoms with van der Waals surface area (Å²) in [5, 5.41) is 0. The molecule has 0 aliphatic carbocycles. The Morgan fingerprint density at radius 1 is 1.09 bits per heavy atom. The van der Waals surface area contributed by atoms with E-state index in [0.29, 0.717) is 6.54 Å². The lowest BCUT2D eigenvalue weighted by atomic mass is 9.93. The zero-order valence-electron chi connectivity index (χ0n) is 13.0. The number of hydrogen-bond acceptors (Lipinski definition) is 3. The Hall–Kier alpha value is -2.62. The molecule has 1 aliphatic heterocycles. The lowest BCUT2D eigenvalue weighted by molar-refractivity contribution is -0.146. The Kier molecular flexibility index (Phi) is 4.42. The molecule has 0 saturated carbocycles. The van der Waals surface area contributed by atoms with Gasteiger partial charge in [-0.05, 0) is 11.1 Å². The number of likely N-dealkylation sites (tertiary alicyclic amines) is 1. The fraction of sp³-hybridized carbons (Fsp3) is 0.263. The Bertz CT molecular complexity index is 684. The van der Waals surface area contributed by atoms with E-state index < -0.39 is 5.92 Å². The van der Waals surface area contributed by atoms with E-state index in [2.05, 4.69) is 0 Å². The number of amides is 1. The van der Waals surface area contributed by atoms with E-state index in [1.54, 1.807) is 4.90 Å². The van der Waals surface area contributed by atoms with Gasteiger partial charge in [0.15, 0.2) is 0 Å². The molecule has 4 nitrogen and oxygen atoms in total. The topological polar surface area (TPSA) is 46.6 Å². The Morgan fingerprint density at radius 3 is 2.30 bits per heavy atom. The molecule has 0 N–H and O–H groups in total. The molecule has 1 fully saturated rings. The molecule has 1 saturated heterocycles. The number of rotatable bonds is 4. The van der Waals surface area contributed by atoms with Crippen molar-refractivity contribution in [2.45, 2.75) is 19.0 Å². The maximum absolute atomic E-state index is 12.5. The predicted octanol–water partition coefficient (Wildman–Crippen LogP) is 2.95. The summed E-state index contributed by atoms with van der Waals surface area (Å²) in [4.78, 5) is 26.4. The van der Waals surface area contributed by atoms with Gasteiger partial charge in [-0.1, -0.05) is 60.7 Å². The molecule has 3 rings (SSSR count). The van der Waals surface area contributed by atoms with E-state index in [1.807, 2.05) is 60.7 Å². The second-order valence-corrected chi connectivity index (χ2v) is 5.70. The van der Waals surface area contributed by atoms with Gasteiger partial charge in [0, 0.05) is 13.0 Å². The molecule has 1 aliphatic rings. The summed E-state index contributed by atoms with van der Waals surface area (Å²) in [5.74, 6) is -0.806. The van der Waals surface area contributed by atoms with Crippen LogP contribution in [0.15, 0.2) is 60.7 Å². The van der Waals surface area contributed by atoms with Crippen LogP contribution in [-0.4, -0.2) is 23.9 Å². The summed E-state index contributed by atoms with van der Waals surface area (Å²) in [5.41, 5.74) is 2.01. The average molecular weight is 309 g/mol. The van der Waals surface area contributed by atoms with Gasteiger partial charge in [-0.3, -0.25) is 9.59 Å². The third kappa shape index (κ3) is 3.11. The van der Waals surface area contributed by atoms with Gasteiger partial charge in [-0.15, -0.1) is 0 Å². The molecule has 1 heterocycles. The Balaban J connectivity index is 1.95. The summed E-state index contributed by atoms with van der Waals surface area (Å²) in [6, 6.07) is 19.2. The van der Waals surface area contributed by atoms with Crippen LogP contribution < -0.4 is 0 Å². The van der Waals surface area contributed by atoms with E-state index in [9.17, 15) is 9.59 Å². The second-order valence-electron chi connectivity index (χ2n) is 5.70. The minimum Gasteiger partial charge on any atom is -0.469 e. The molecule has 0 unspecified atom stereocenters. The lowest BCUT2D eigenvalue weighted by Gasteiger charge is -2.28. The van der Waals surface area contributed by atoms with Crippen LogP contribution in [-0.2, 0) is 20.9 Å². The zero-order valence-corrected chi connectivity index (χ0v) is 13.0. The zero-order chi connectivity index (χ0) is 16.2. The van der Waals surface area contributed by atoms with Crippen molar-refractivity contribution >= 4 is 11.9 Å². The molecule has 2 aromatic rings. The first-order valence-corrected chi connectivity index (χ1v) is 7.67. The molecule has 2 aromatic carbocycles. The third-order valence-electron chi connectivity index (χ3n) is 4.27. The number of hydrogen-bond donors (Lipinski definition) is 0. The van der Waals surface area contributed by atoms with Crippen LogP contribution in [0.3, 0.4) is 0 Å². The predicted molar refractivity (Wildman–Crippen MR) is 86.3 cm³/mol. The number of carbonyl (C=O) groups excluding carboxylic acids is 2. The third-order valence-corrected chi connectivity index (χ3v) is 4.27. The van der Waals surface area contributed by atoms with Crippen molar-refractivity contribution < 1.29 is 14.3 Å². The summed E-state index contributed by atoms with van der Waals surface area (Å²) in [6.07, 6.45) is 0.194. The monoisotopic (exact) mass is 309 g/mol. The molecule has 1 amide bonds. The highest BCUT2D eigenvalue weighted by atomic mass is 16.5. The van der Waals surface area contributed by atoms with Gasteiger partial charge >= 0.3 is 5.97 Å². The van der Waals surface area contributed by atoms with Crippen LogP contribution in [0.4, 0.5) is 0 Å². The Labute approximate surface area is 135 Å². The van der Waals surface area contributed by atoms with Crippen molar-refractivity contribution in [1.82, 2.24) is 4.90 Å². The van der Waals surface area contributed by atoms with E-state index >= 15 is 0 Å². The van der Waals surface area contributed by atoms with Gasteiger partial charge in [0.05, 0.1) is 19.1 Å². The highest BCUT2D eigenvalue weighted by molar-refractivity contribution is 5.88. The summed E-state index contributed by atoms with van der Waals surface area (Å²) in [6.45, 7) is 0.493. The summed E-state index contributed by atoms with van der Waals surface area (Å²) >= 11 is 0. The molecule has 0 radical (unpaired) electrons. The van der Waals surface area contributed by atoms with E-state index in [1.165, 1.54) is 7.11 Å². The fourth-order valence-electron chi connectivity index (χ4n) is 3.18. The van der Waals surface area contributed by atoms with Gasteiger partial charge in [0.25, 0.3) is 0 Å². The van der Waals surface area contributed by atoms with Gasteiger partial charge in [0.1, 0.15) is 0 Å². The molecule has 0 spiro atoms. The van der Waals surface area contributed by atoms with Crippen LogP contribution in [0.2, 0.25) is 0 Å². The largest absolute Gasteiger partial charge is 0.469 e. The maximum Gasteiger partial charge on any atom is 0.311 e. The van der Waals surface area contributed by atoms with Gasteiger partial charge in [-0.2, -0.15) is 0 Å². The van der Waals surface area contributed by atoms with Crippen molar-refractivity contribution in [3.8, 4) is 0 Å². The van der Waals surface area contributed by atoms with E-state index in [4.69, 9.17) is 4.74 Å². The first kappa shape index (κ1) is 15.3. The molecule has 0 aromatic heterocycles. The smallest absolute Gasteiger partial charge is 0.311 e. The number of methoxy groups -OCH3 is 1. The van der Waals surface area contributed by atoms with Crippen LogP contribution in [0.5, 0.6) is 0 Å². The average Bonchev–Trinajstić information content (AvgIpc) is 2.92. The van der Waals surface area contributed by atoms with Crippen LogP contribution in [0.1, 0.15) is 23.6 Å². The minimum atomic E-state index is -0.460. The van der Waals surface area contributed by atoms with Crippen LogP contribution in [0.25, 0.3) is 0 Å². The molecule has 4 heteroatoms. The molecule has 23 heavy (non-hydrogen) atoms. The quantitative estimate of drug-likeness (QED) is 0.816. The summed E-state index contributed by atoms with van der Waals surface area (Å²) < 4.78 is 4.91.